The Morgan fingerprint density at radius 2 is 2.28 bits per heavy atom. The van der Waals surface area contributed by atoms with Crippen LogP contribution in [-0.4, -0.2) is 26.2 Å². The van der Waals surface area contributed by atoms with E-state index >= 15 is 0 Å². The van der Waals surface area contributed by atoms with Crippen molar-refractivity contribution in [3.8, 4) is 0 Å². The number of amides is 1. The predicted molar refractivity (Wildman–Crippen MR) is 67.8 cm³/mol. The third-order valence-electron chi connectivity index (χ3n) is 3.02. The van der Waals surface area contributed by atoms with E-state index in [1.807, 2.05) is 20.8 Å². The number of carbonyl (C=O) groups excluding carboxylic acids is 1. The van der Waals surface area contributed by atoms with Crippen LogP contribution in [-0.2, 0) is 17.8 Å². The van der Waals surface area contributed by atoms with Gasteiger partial charge in [0.2, 0.25) is 5.91 Å². The number of hydrogen-bond donors (Lipinski definition) is 2. The van der Waals surface area contributed by atoms with Crippen LogP contribution in [0.5, 0.6) is 0 Å². The number of nitrogens with two attached hydrogens (primary N) is 1. The van der Waals surface area contributed by atoms with Crippen molar-refractivity contribution < 1.29 is 4.79 Å². The van der Waals surface area contributed by atoms with Gasteiger partial charge in [0.05, 0.1) is 6.04 Å². The molecule has 1 aromatic rings. The number of hydrogen-bond acceptors (Lipinski definition) is 4. The highest BCUT2D eigenvalue weighted by Crippen LogP contribution is 2.19. The highest BCUT2D eigenvalue weighted by Gasteiger charge is 2.23. The Balaban J connectivity index is 1.99. The van der Waals surface area contributed by atoms with Crippen molar-refractivity contribution in [2.45, 2.75) is 58.2 Å². The van der Waals surface area contributed by atoms with Crippen LogP contribution in [0, 0.1) is 0 Å². The summed E-state index contributed by atoms with van der Waals surface area (Å²) in [6.45, 7) is 6.55. The summed E-state index contributed by atoms with van der Waals surface area (Å²) in [7, 11) is 0. The molecule has 0 aromatic carbocycles. The summed E-state index contributed by atoms with van der Waals surface area (Å²) < 4.78 is 2.10. The molecule has 1 aromatic heterocycles. The van der Waals surface area contributed by atoms with E-state index in [1.54, 1.807) is 0 Å². The molecule has 6 heteroatoms. The first-order valence-electron chi connectivity index (χ1n) is 6.37. The second kappa shape index (κ2) is 4.68. The van der Waals surface area contributed by atoms with E-state index in [9.17, 15) is 4.79 Å². The molecule has 0 fully saturated rings. The number of rotatable bonds is 4. The lowest BCUT2D eigenvalue weighted by Crippen LogP contribution is -2.40. The third kappa shape index (κ3) is 2.87. The molecule has 100 valence electrons. The molecule has 1 unspecified atom stereocenters. The summed E-state index contributed by atoms with van der Waals surface area (Å²) in [5.74, 6) is 1.81. The van der Waals surface area contributed by atoms with Crippen LogP contribution in [0.4, 0.5) is 0 Å². The van der Waals surface area contributed by atoms with Gasteiger partial charge < -0.3 is 15.6 Å². The molecule has 0 saturated heterocycles. The first kappa shape index (κ1) is 13.0. The maximum Gasteiger partial charge on any atom is 0.222 e. The van der Waals surface area contributed by atoms with Crippen molar-refractivity contribution in [3.63, 3.8) is 0 Å². The number of nitrogens with one attached hydrogen (secondary N) is 1. The molecule has 2 rings (SSSR count). The number of aryl methyl sites for hydroxylation is 1. The molecule has 0 spiro atoms. The maximum absolute atomic E-state index is 11.8. The second-order valence-electron chi connectivity index (χ2n) is 5.68. The van der Waals surface area contributed by atoms with E-state index in [-0.39, 0.29) is 11.9 Å². The topological polar surface area (TPSA) is 85.8 Å². The first-order valence-corrected chi connectivity index (χ1v) is 6.37. The molecule has 2 heterocycles. The molecular weight excluding hydrogens is 230 g/mol. The fraction of sp³-hybridized carbons (Fsp3) is 0.750. The lowest BCUT2D eigenvalue weighted by atomic mass is 10.0. The summed E-state index contributed by atoms with van der Waals surface area (Å²) in [5, 5.41) is 11.2. The zero-order valence-electron chi connectivity index (χ0n) is 11.2. The molecule has 0 aliphatic carbocycles. The summed E-state index contributed by atoms with van der Waals surface area (Å²) in [6, 6.07) is -0.126. The van der Waals surface area contributed by atoms with Crippen LogP contribution in [0.1, 0.15) is 51.3 Å². The SMILES string of the molecule is CC(NC(=O)CC(C)(C)N)c1nnc2n1CCC2. The normalized spacial score (nSPS) is 16.4. The number of fused-ring (bicyclic) bond motifs is 1. The maximum atomic E-state index is 11.8. The van der Waals surface area contributed by atoms with Gasteiger partial charge in [-0.25, -0.2) is 0 Å². The highest BCUT2D eigenvalue weighted by atomic mass is 16.1. The molecule has 3 N–H and O–H groups in total. The summed E-state index contributed by atoms with van der Waals surface area (Å²) in [5.41, 5.74) is 5.34. The van der Waals surface area contributed by atoms with E-state index in [4.69, 9.17) is 5.73 Å². The Bertz CT molecular complexity index is 446. The third-order valence-corrected chi connectivity index (χ3v) is 3.02. The zero-order valence-corrected chi connectivity index (χ0v) is 11.2. The Labute approximate surface area is 107 Å². The summed E-state index contributed by atoms with van der Waals surface area (Å²) in [4.78, 5) is 11.8. The van der Waals surface area contributed by atoms with Crippen molar-refractivity contribution in [3.05, 3.63) is 11.6 Å². The fourth-order valence-corrected chi connectivity index (χ4v) is 2.26. The van der Waals surface area contributed by atoms with Gasteiger partial charge in [0.15, 0.2) is 5.82 Å². The highest BCUT2D eigenvalue weighted by molar-refractivity contribution is 5.77. The van der Waals surface area contributed by atoms with Crippen LogP contribution < -0.4 is 11.1 Å². The summed E-state index contributed by atoms with van der Waals surface area (Å²) in [6.07, 6.45) is 2.39. The lowest BCUT2D eigenvalue weighted by Gasteiger charge is -2.20. The quantitative estimate of drug-likeness (QED) is 0.817. The van der Waals surface area contributed by atoms with E-state index in [0.29, 0.717) is 6.42 Å². The molecule has 1 aliphatic heterocycles. The monoisotopic (exact) mass is 251 g/mol. The van der Waals surface area contributed by atoms with E-state index < -0.39 is 5.54 Å². The van der Waals surface area contributed by atoms with E-state index in [0.717, 1.165) is 31.0 Å². The number of carbonyl (C=O) groups is 1. The fourth-order valence-electron chi connectivity index (χ4n) is 2.26. The Kier molecular flexibility index (Phi) is 3.38. The van der Waals surface area contributed by atoms with Crippen LogP contribution in [0.25, 0.3) is 0 Å². The van der Waals surface area contributed by atoms with Gasteiger partial charge in [-0.3, -0.25) is 4.79 Å². The molecule has 0 bridgehead atoms. The number of aromatic nitrogens is 3. The van der Waals surface area contributed by atoms with Gasteiger partial charge in [-0.2, -0.15) is 0 Å². The van der Waals surface area contributed by atoms with Crippen molar-refractivity contribution in [1.29, 1.82) is 0 Å². The molecular formula is C12H21N5O. The predicted octanol–water partition coefficient (Wildman–Crippen LogP) is 0.529. The minimum absolute atomic E-state index is 0.0506. The average Bonchev–Trinajstić information content (AvgIpc) is 2.72. The Morgan fingerprint density at radius 1 is 1.56 bits per heavy atom. The average molecular weight is 251 g/mol. The lowest BCUT2D eigenvalue weighted by molar-refractivity contribution is -0.122. The molecule has 0 radical (unpaired) electrons. The molecule has 1 aliphatic rings. The molecule has 18 heavy (non-hydrogen) atoms. The molecule has 1 amide bonds. The number of nitrogens with zero attached hydrogens (tertiary/aromatic N) is 3. The van der Waals surface area contributed by atoms with Crippen LogP contribution in [0.15, 0.2) is 0 Å². The standard InChI is InChI=1S/C12H21N5O/c1-8(14-10(18)7-12(2,3)13)11-16-15-9-5-4-6-17(9)11/h8H,4-7,13H2,1-3H3,(H,14,18). The second-order valence-corrected chi connectivity index (χ2v) is 5.68. The van der Waals surface area contributed by atoms with Crippen molar-refractivity contribution in [1.82, 2.24) is 20.1 Å². The van der Waals surface area contributed by atoms with Crippen LogP contribution >= 0.6 is 0 Å². The van der Waals surface area contributed by atoms with E-state index in [2.05, 4.69) is 20.1 Å². The minimum atomic E-state index is -0.489. The van der Waals surface area contributed by atoms with Crippen LogP contribution in [0.3, 0.4) is 0 Å². The molecule has 6 nitrogen and oxygen atoms in total. The van der Waals surface area contributed by atoms with Gasteiger partial charge in [0.25, 0.3) is 0 Å². The summed E-state index contributed by atoms with van der Waals surface area (Å²) >= 11 is 0. The van der Waals surface area contributed by atoms with Crippen LogP contribution in [0.2, 0.25) is 0 Å². The van der Waals surface area contributed by atoms with Gasteiger partial charge in [-0.15, -0.1) is 10.2 Å². The first-order chi connectivity index (χ1) is 8.37. The van der Waals surface area contributed by atoms with E-state index in [1.165, 1.54) is 0 Å². The van der Waals surface area contributed by atoms with Gasteiger partial charge in [0, 0.05) is 24.9 Å². The van der Waals surface area contributed by atoms with Gasteiger partial charge in [-0.1, -0.05) is 0 Å². The zero-order chi connectivity index (χ0) is 13.3. The largest absolute Gasteiger partial charge is 0.346 e. The van der Waals surface area contributed by atoms with Crippen molar-refractivity contribution in [2.75, 3.05) is 0 Å². The smallest absolute Gasteiger partial charge is 0.222 e. The van der Waals surface area contributed by atoms with Gasteiger partial charge in [-0.05, 0) is 27.2 Å². The van der Waals surface area contributed by atoms with Gasteiger partial charge >= 0.3 is 0 Å². The Morgan fingerprint density at radius 3 is 2.94 bits per heavy atom. The van der Waals surface area contributed by atoms with Crippen molar-refractivity contribution in [2.24, 2.45) is 5.73 Å². The molecule has 1 atom stereocenters. The van der Waals surface area contributed by atoms with Crippen molar-refractivity contribution >= 4 is 5.91 Å². The van der Waals surface area contributed by atoms with Gasteiger partial charge in [0.1, 0.15) is 5.82 Å². The minimum Gasteiger partial charge on any atom is -0.346 e. The molecule has 0 saturated carbocycles. The Hall–Kier alpha value is -1.43.